The Labute approximate surface area is 191 Å². The van der Waals surface area contributed by atoms with E-state index >= 15 is 0 Å². The zero-order chi connectivity index (χ0) is 23.5. The number of hydrogen-bond donors (Lipinski definition) is 2. The number of nitrogens with zero attached hydrogens (tertiary/aromatic N) is 1. The molecule has 168 valence electrons. The van der Waals surface area contributed by atoms with Crippen LogP contribution in [-0.4, -0.2) is 24.3 Å². The summed E-state index contributed by atoms with van der Waals surface area (Å²) >= 11 is 0. The van der Waals surface area contributed by atoms with Crippen molar-refractivity contribution in [1.29, 1.82) is 0 Å². The van der Waals surface area contributed by atoms with Crippen LogP contribution >= 0.6 is 0 Å². The summed E-state index contributed by atoms with van der Waals surface area (Å²) < 4.78 is 14.0. The topological polar surface area (TPSA) is 78.5 Å². The minimum atomic E-state index is -0.623. The smallest absolute Gasteiger partial charge is 0.255 e. The van der Waals surface area contributed by atoms with Gasteiger partial charge < -0.3 is 15.5 Å². The van der Waals surface area contributed by atoms with Crippen LogP contribution in [0.2, 0.25) is 0 Å². The lowest BCUT2D eigenvalue weighted by molar-refractivity contribution is -0.122. The molecule has 33 heavy (non-hydrogen) atoms. The first-order valence-electron chi connectivity index (χ1n) is 10.7. The molecule has 3 aromatic carbocycles. The molecule has 3 amide bonds. The monoisotopic (exact) mass is 445 g/mol. The van der Waals surface area contributed by atoms with E-state index in [9.17, 15) is 18.8 Å². The third-order valence-corrected chi connectivity index (χ3v) is 5.57. The number of amides is 3. The number of aryl methyl sites for hydroxylation is 2. The van der Waals surface area contributed by atoms with Crippen LogP contribution in [0.3, 0.4) is 0 Å². The summed E-state index contributed by atoms with van der Waals surface area (Å²) in [7, 11) is 0. The molecule has 1 aliphatic heterocycles. The van der Waals surface area contributed by atoms with Crippen LogP contribution in [0.4, 0.5) is 21.5 Å². The van der Waals surface area contributed by atoms with Gasteiger partial charge >= 0.3 is 0 Å². The van der Waals surface area contributed by atoms with Gasteiger partial charge in [-0.3, -0.25) is 14.4 Å². The Morgan fingerprint density at radius 3 is 2.48 bits per heavy atom. The number of benzene rings is 3. The summed E-state index contributed by atoms with van der Waals surface area (Å²) in [6, 6.07) is 18.7. The van der Waals surface area contributed by atoms with E-state index in [4.69, 9.17) is 0 Å². The van der Waals surface area contributed by atoms with E-state index in [2.05, 4.69) is 10.6 Å². The third kappa shape index (κ3) is 5.09. The molecule has 1 atom stereocenters. The highest BCUT2D eigenvalue weighted by molar-refractivity contribution is 6.07. The number of hydrogen-bond acceptors (Lipinski definition) is 3. The molecule has 0 aliphatic carbocycles. The first kappa shape index (κ1) is 22.2. The van der Waals surface area contributed by atoms with Crippen molar-refractivity contribution >= 4 is 34.8 Å². The molecule has 0 saturated carbocycles. The summed E-state index contributed by atoms with van der Waals surface area (Å²) in [6.45, 7) is 3.90. The average Bonchev–Trinajstić information content (AvgIpc) is 3.18. The summed E-state index contributed by atoms with van der Waals surface area (Å²) in [4.78, 5) is 39.5. The van der Waals surface area contributed by atoms with Gasteiger partial charge in [-0.1, -0.05) is 24.3 Å². The molecule has 2 N–H and O–H groups in total. The highest BCUT2D eigenvalue weighted by atomic mass is 19.1. The van der Waals surface area contributed by atoms with Crippen molar-refractivity contribution in [2.45, 2.75) is 20.3 Å². The van der Waals surface area contributed by atoms with Gasteiger partial charge in [0.15, 0.2) is 0 Å². The van der Waals surface area contributed by atoms with E-state index < -0.39 is 17.6 Å². The predicted octanol–water partition coefficient (Wildman–Crippen LogP) is 4.69. The maximum atomic E-state index is 14.0. The zero-order valence-electron chi connectivity index (χ0n) is 18.4. The second kappa shape index (κ2) is 9.24. The molecule has 3 aromatic rings. The Kier molecular flexibility index (Phi) is 6.22. The maximum Gasteiger partial charge on any atom is 0.255 e. The van der Waals surface area contributed by atoms with Gasteiger partial charge in [0.1, 0.15) is 5.82 Å². The van der Waals surface area contributed by atoms with E-state index in [0.717, 1.165) is 11.1 Å². The largest absolute Gasteiger partial charge is 0.323 e. The number of rotatable bonds is 5. The fraction of sp³-hybridized carbons (Fsp3) is 0.192. The molecular formula is C26H24FN3O3. The molecule has 1 saturated heterocycles. The van der Waals surface area contributed by atoms with Gasteiger partial charge in [0, 0.05) is 29.9 Å². The highest BCUT2D eigenvalue weighted by Crippen LogP contribution is 2.27. The van der Waals surface area contributed by atoms with Gasteiger partial charge in [-0.15, -0.1) is 0 Å². The summed E-state index contributed by atoms with van der Waals surface area (Å²) in [5, 5.41) is 5.44. The number of halogens is 1. The lowest BCUT2D eigenvalue weighted by atomic mass is 10.1. The molecule has 1 heterocycles. The molecular weight excluding hydrogens is 421 g/mol. The van der Waals surface area contributed by atoms with Gasteiger partial charge in [-0.25, -0.2) is 4.39 Å². The second-order valence-corrected chi connectivity index (χ2v) is 8.25. The van der Waals surface area contributed by atoms with Crippen LogP contribution in [0, 0.1) is 25.6 Å². The summed E-state index contributed by atoms with van der Waals surface area (Å²) in [5.41, 5.74) is 3.56. The van der Waals surface area contributed by atoms with Crippen LogP contribution in [0.5, 0.6) is 0 Å². The predicted molar refractivity (Wildman–Crippen MR) is 126 cm³/mol. The van der Waals surface area contributed by atoms with Gasteiger partial charge in [0.2, 0.25) is 11.8 Å². The van der Waals surface area contributed by atoms with Crippen molar-refractivity contribution in [1.82, 2.24) is 0 Å². The number of nitrogens with one attached hydrogen (secondary N) is 2. The van der Waals surface area contributed by atoms with E-state index in [1.54, 1.807) is 49.4 Å². The van der Waals surface area contributed by atoms with Gasteiger partial charge in [-0.05, 0) is 67.4 Å². The van der Waals surface area contributed by atoms with E-state index in [-0.39, 0.29) is 30.5 Å². The number of carbonyl (C=O) groups is 3. The van der Waals surface area contributed by atoms with Crippen LogP contribution in [0.15, 0.2) is 66.7 Å². The zero-order valence-corrected chi connectivity index (χ0v) is 18.4. The Morgan fingerprint density at radius 2 is 1.70 bits per heavy atom. The summed E-state index contributed by atoms with van der Waals surface area (Å²) in [6.07, 6.45) is 0.0129. The van der Waals surface area contributed by atoms with Crippen molar-refractivity contribution in [3.63, 3.8) is 0 Å². The fourth-order valence-corrected chi connectivity index (χ4v) is 3.84. The lowest BCUT2D eigenvalue weighted by Gasteiger charge is -2.18. The minimum absolute atomic E-state index is 0.0129. The molecule has 1 fully saturated rings. The molecule has 0 radical (unpaired) electrons. The quantitative estimate of drug-likeness (QED) is 0.598. The molecule has 0 spiro atoms. The molecule has 0 aromatic heterocycles. The van der Waals surface area contributed by atoms with E-state index in [1.165, 1.54) is 11.0 Å². The van der Waals surface area contributed by atoms with Gasteiger partial charge in [0.05, 0.1) is 11.6 Å². The number of carbonyl (C=O) groups excluding carboxylic acids is 3. The SMILES string of the molecule is Cc1cccc(NC(=O)c2cccc(N3CC(C(=O)Nc4cc(C)ccc4F)CC3=O)c2)c1. The molecule has 0 bridgehead atoms. The highest BCUT2D eigenvalue weighted by Gasteiger charge is 2.35. The Hall–Kier alpha value is -4.00. The van der Waals surface area contributed by atoms with E-state index in [1.807, 2.05) is 25.1 Å². The van der Waals surface area contributed by atoms with Crippen LogP contribution < -0.4 is 15.5 Å². The minimum Gasteiger partial charge on any atom is -0.323 e. The molecule has 7 heteroatoms. The van der Waals surface area contributed by atoms with Crippen LogP contribution in [0.1, 0.15) is 27.9 Å². The second-order valence-electron chi connectivity index (χ2n) is 8.25. The van der Waals surface area contributed by atoms with Gasteiger partial charge in [-0.2, -0.15) is 0 Å². The fourth-order valence-electron chi connectivity index (χ4n) is 3.84. The van der Waals surface area contributed by atoms with Crippen molar-refractivity contribution in [3.05, 3.63) is 89.2 Å². The lowest BCUT2D eigenvalue weighted by Crippen LogP contribution is -2.28. The first-order chi connectivity index (χ1) is 15.8. The van der Waals surface area contributed by atoms with Crippen molar-refractivity contribution in [3.8, 4) is 0 Å². The standard InChI is InChI=1S/C26H24FN3O3/c1-16-5-3-7-20(11-16)28-25(32)18-6-4-8-21(13-18)30-15-19(14-24(30)31)26(33)29-23-12-17(2)9-10-22(23)27/h3-13,19H,14-15H2,1-2H3,(H,28,32)(H,29,33). The van der Waals surface area contributed by atoms with E-state index in [0.29, 0.717) is 16.9 Å². The normalized spacial score (nSPS) is 15.4. The molecule has 1 aliphatic rings. The Balaban J connectivity index is 1.46. The summed E-state index contributed by atoms with van der Waals surface area (Å²) in [5.74, 6) is -2.08. The van der Waals surface area contributed by atoms with Crippen molar-refractivity contribution < 1.29 is 18.8 Å². The third-order valence-electron chi connectivity index (χ3n) is 5.57. The average molecular weight is 445 g/mol. The van der Waals surface area contributed by atoms with Crippen LogP contribution in [-0.2, 0) is 9.59 Å². The Bertz CT molecular complexity index is 1240. The maximum absolute atomic E-state index is 14.0. The number of anilines is 3. The van der Waals surface area contributed by atoms with Gasteiger partial charge in [0.25, 0.3) is 5.91 Å². The molecule has 4 rings (SSSR count). The van der Waals surface area contributed by atoms with Crippen molar-refractivity contribution in [2.75, 3.05) is 22.1 Å². The Morgan fingerprint density at radius 1 is 0.939 bits per heavy atom. The van der Waals surface area contributed by atoms with Crippen LogP contribution in [0.25, 0.3) is 0 Å². The molecule has 6 nitrogen and oxygen atoms in total. The van der Waals surface area contributed by atoms with Crippen molar-refractivity contribution in [2.24, 2.45) is 5.92 Å². The molecule has 1 unspecified atom stereocenters. The first-order valence-corrected chi connectivity index (χ1v) is 10.7.